The van der Waals surface area contributed by atoms with Crippen LogP contribution in [0.2, 0.25) is 0 Å². The van der Waals surface area contributed by atoms with Crippen LogP contribution in [0.15, 0.2) is 33.4 Å². The number of furan rings is 1. The fraction of sp³-hybridized carbons (Fsp3) is 0.300. The van der Waals surface area contributed by atoms with Crippen molar-refractivity contribution in [2.75, 3.05) is 0 Å². The van der Waals surface area contributed by atoms with Gasteiger partial charge < -0.3 is 14.6 Å². The zero-order chi connectivity index (χ0) is 9.97. The van der Waals surface area contributed by atoms with Crippen LogP contribution in [0.3, 0.4) is 0 Å². The fourth-order valence-electron chi connectivity index (χ4n) is 1.23. The molecule has 0 saturated carbocycles. The largest absolute Gasteiger partial charge is 0.459 e. The summed E-state index contributed by atoms with van der Waals surface area (Å²) in [6, 6.07) is 3.68. The molecule has 2 aromatic heterocycles. The van der Waals surface area contributed by atoms with Gasteiger partial charge in [-0.3, -0.25) is 0 Å². The SMILES string of the molecule is CC(N)Cc1cnc(-c2ccco2)o1. The van der Waals surface area contributed by atoms with Crippen molar-refractivity contribution in [1.29, 1.82) is 0 Å². The van der Waals surface area contributed by atoms with Gasteiger partial charge in [-0.25, -0.2) is 4.98 Å². The second-order valence-corrected chi connectivity index (χ2v) is 3.29. The highest BCUT2D eigenvalue weighted by atomic mass is 16.4. The number of nitrogens with two attached hydrogens (primary N) is 1. The van der Waals surface area contributed by atoms with E-state index in [1.54, 1.807) is 18.5 Å². The van der Waals surface area contributed by atoms with Crippen molar-refractivity contribution in [1.82, 2.24) is 4.98 Å². The maximum atomic E-state index is 5.64. The Balaban J connectivity index is 2.18. The summed E-state index contributed by atoms with van der Waals surface area (Å²) in [5.74, 6) is 1.93. The molecule has 1 unspecified atom stereocenters. The molecule has 1 atom stereocenters. The van der Waals surface area contributed by atoms with Crippen molar-refractivity contribution in [2.24, 2.45) is 5.73 Å². The molecular formula is C10H12N2O2. The minimum atomic E-state index is 0.0763. The normalized spacial score (nSPS) is 13.0. The summed E-state index contributed by atoms with van der Waals surface area (Å²) in [5, 5.41) is 0. The summed E-state index contributed by atoms with van der Waals surface area (Å²) in [5.41, 5.74) is 5.64. The molecule has 2 heterocycles. The van der Waals surface area contributed by atoms with Gasteiger partial charge in [-0.1, -0.05) is 0 Å². The average molecular weight is 192 g/mol. The number of nitrogens with zero attached hydrogens (tertiary/aromatic N) is 1. The molecule has 14 heavy (non-hydrogen) atoms. The van der Waals surface area contributed by atoms with Crippen LogP contribution in [0.25, 0.3) is 11.7 Å². The highest BCUT2D eigenvalue weighted by Gasteiger charge is 2.09. The molecule has 0 aromatic carbocycles. The maximum Gasteiger partial charge on any atom is 0.262 e. The van der Waals surface area contributed by atoms with Crippen molar-refractivity contribution in [2.45, 2.75) is 19.4 Å². The predicted octanol–water partition coefficient (Wildman–Crippen LogP) is 1.82. The molecule has 0 aliphatic heterocycles. The first kappa shape index (κ1) is 9.02. The predicted molar refractivity (Wildman–Crippen MR) is 51.6 cm³/mol. The molecule has 0 aliphatic rings. The van der Waals surface area contributed by atoms with Gasteiger partial charge in [0.1, 0.15) is 5.76 Å². The maximum absolute atomic E-state index is 5.64. The molecule has 2 rings (SSSR count). The highest BCUT2D eigenvalue weighted by Crippen LogP contribution is 2.19. The number of hydrogen-bond donors (Lipinski definition) is 1. The second kappa shape index (κ2) is 3.67. The van der Waals surface area contributed by atoms with Gasteiger partial charge in [0, 0.05) is 12.5 Å². The molecule has 4 heteroatoms. The Morgan fingerprint density at radius 2 is 2.43 bits per heavy atom. The number of rotatable bonds is 3. The van der Waals surface area contributed by atoms with Crippen molar-refractivity contribution in [3.05, 3.63) is 30.4 Å². The average Bonchev–Trinajstić information content (AvgIpc) is 2.69. The van der Waals surface area contributed by atoms with Gasteiger partial charge in [0.25, 0.3) is 5.89 Å². The summed E-state index contributed by atoms with van der Waals surface area (Å²) < 4.78 is 10.6. The second-order valence-electron chi connectivity index (χ2n) is 3.29. The Bertz CT molecular complexity index is 390. The van der Waals surface area contributed by atoms with Gasteiger partial charge in [0.2, 0.25) is 0 Å². The third-order valence-corrected chi connectivity index (χ3v) is 1.81. The van der Waals surface area contributed by atoms with E-state index >= 15 is 0 Å². The van der Waals surface area contributed by atoms with E-state index < -0.39 is 0 Å². The van der Waals surface area contributed by atoms with Crippen molar-refractivity contribution in [3.8, 4) is 11.7 Å². The molecule has 0 aliphatic carbocycles. The van der Waals surface area contributed by atoms with Crippen LogP contribution >= 0.6 is 0 Å². The highest BCUT2D eigenvalue weighted by molar-refractivity contribution is 5.43. The Morgan fingerprint density at radius 3 is 3.07 bits per heavy atom. The van der Waals surface area contributed by atoms with Crippen LogP contribution in [0.4, 0.5) is 0 Å². The Labute approximate surface area is 81.7 Å². The zero-order valence-electron chi connectivity index (χ0n) is 7.93. The van der Waals surface area contributed by atoms with E-state index in [0.717, 1.165) is 5.76 Å². The molecule has 0 amide bonds. The Kier molecular flexibility index (Phi) is 2.37. The van der Waals surface area contributed by atoms with E-state index in [4.69, 9.17) is 14.6 Å². The lowest BCUT2D eigenvalue weighted by Gasteiger charge is -1.98. The summed E-state index contributed by atoms with van der Waals surface area (Å²) in [6.07, 6.45) is 3.96. The molecule has 4 nitrogen and oxygen atoms in total. The fourth-order valence-corrected chi connectivity index (χ4v) is 1.23. The van der Waals surface area contributed by atoms with Crippen molar-refractivity contribution < 1.29 is 8.83 Å². The molecule has 2 N–H and O–H groups in total. The van der Waals surface area contributed by atoms with Crippen molar-refractivity contribution in [3.63, 3.8) is 0 Å². The summed E-state index contributed by atoms with van der Waals surface area (Å²) in [4.78, 5) is 4.10. The quantitative estimate of drug-likeness (QED) is 0.805. The summed E-state index contributed by atoms with van der Waals surface area (Å²) in [6.45, 7) is 1.93. The van der Waals surface area contributed by atoms with E-state index in [9.17, 15) is 0 Å². The summed E-state index contributed by atoms with van der Waals surface area (Å²) in [7, 11) is 0. The van der Waals surface area contributed by atoms with E-state index in [1.807, 2.05) is 13.0 Å². The van der Waals surface area contributed by atoms with Gasteiger partial charge >= 0.3 is 0 Å². The molecule has 0 fully saturated rings. The van der Waals surface area contributed by atoms with E-state index in [0.29, 0.717) is 18.1 Å². The third-order valence-electron chi connectivity index (χ3n) is 1.81. The standard InChI is InChI=1S/C10H12N2O2/c1-7(11)5-8-6-12-10(14-8)9-3-2-4-13-9/h2-4,6-7H,5,11H2,1H3. The van der Waals surface area contributed by atoms with Gasteiger partial charge in [0.15, 0.2) is 5.76 Å². The first-order valence-electron chi connectivity index (χ1n) is 4.50. The van der Waals surface area contributed by atoms with Crippen LogP contribution in [-0.4, -0.2) is 11.0 Å². The lowest BCUT2D eigenvalue weighted by molar-refractivity contribution is 0.475. The molecule has 74 valence electrons. The molecule has 0 saturated heterocycles. The van der Waals surface area contributed by atoms with Gasteiger partial charge in [0.05, 0.1) is 12.5 Å². The summed E-state index contributed by atoms with van der Waals surface area (Å²) >= 11 is 0. The van der Waals surface area contributed by atoms with Crippen LogP contribution in [0, 0.1) is 0 Å². The van der Waals surface area contributed by atoms with Crippen LogP contribution in [0.1, 0.15) is 12.7 Å². The Hall–Kier alpha value is -1.55. The van der Waals surface area contributed by atoms with Crippen LogP contribution in [0.5, 0.6) is 0 Å². The van der Waals surface area contributed by atoms with Crippen molar-refractivity contribution >= 4 is 0 Å². The molecule has 2 aromatic rings. The monoisotopic (exact) mass is 192 g/mol. The molecular weight excluding hydrogens is 180 g/mol. The molecule has 0 spiro atoms. The number of aromatic nitrogens is 1. The Morgan fingerprint density at radius 1 is 1.57 bits per heavy atom. The first-order chi connectivity index (χ1) is 6.75. The van der Waals surface area contributed by atoms with E-state index in [1.165, 1.54) is 0 Å². The smallest absolute Gasteiger partial charge is 0.262 e. The van der Waals surface area contributed by atoms with Gasteiger partial charge in [-0.2, -0.15) is 0 Å². The number of oxazole rings is 1. The minimum Gasteiger partial charge on any atom is -0.459 e. The number of hydrogen-bond acceptors (Lipinski definition) is 4. The van der Waals surface area contributed by atoms with Gasteiger partial charge in [-0.05, 0) is 19.1 Å². The molecule has 0 bridgehead atoms. The first-order valence-corrected chi connectivity index (χ1v) is 4.50. The third kappa shape index (κ3) is 1.85. The lowest BCUT2D eigenvalue weighted by atomic mass is 10.2. The van der Waals surface area contributed by atoms with Crippen LogP contribution in [-0.2, 0) is 6.42 Å². The molecule has 0 radical (unpaired) electrons. The van der Waals surface area contributed by atoms with Gasteiger partial charge in [-0.15, -0.1) is 0 Å². The zero-order valence-corrected chi connectivity index (χ0v) is 7.93. The van der Waals surface area contributed by atoms with E-state index in [2.05, 4.69) is 4.98 Å². The van der Waals surface area contributed by atoms with Crippen LogP contribution < -0.4 is 5.73 Å². The van der Waals surface area contributed by atoms with E-state index in [-0.39, 0.29) is 6.04 Å². The lowest BCUT2D eigenvalue weighted by Crippen LogP contribution is -2.17. The topological polar surface area (TPSA) is 65.2 Å². The minimum absolute atomic E-state index is 0.0763.